The Morgan fingerprint density at radius 2 is 2.20 bits per heavy atom. The average Bonchev–Trinajstić information content (AvgIpc) is 2.89. The number of hydrogen-bond acceptors (Lipinski definition) is 6. The van der Waals surface area contributed by atoms with Crippen LogP contribution in [0, 0.1) is 0 Å². The van der Waals surface area contributed by atoms with E-state index in [4.69, 9.17) is 9.84 Å². The maximum Gasteiger partial charge on any atom is 0.326 e. The maximum atomic E-state index is 11.9. The van der Waals surface area contributed by atoms with Crippen molar-refractivity contribution in [3.05, 3.63) is 0 Å². The van der Waals surface area contributed by atoms with Crippen molar-refractivity contribution in [2.45, 2.75) is 44.9 Å². The fraction of sp³-hybridized carbons (Fsp3) is 0.750. The number of rotatable bonds is 7. The molecule has 0 spiro atoms. The summed E-state index contributed by atoms with van der Waals surface area (Å²) in [4.78, 5) is 33.9. The van der Waals surface area contributed by atoms with Crippen molar-refractivity contribution in [1.82, 2.24) is 10.6 Å². The third kappa shape index (κ3) is 5.38. The van der Waals surface area contributed by atoms with E-state index in [2.05, 4.69) is 10.6 Å². The first kappa shape index (κ1) is 16.8. The molecule has 20 heavy (non-hydrogen) atoms. The molecule has 0 radical (unpaired) electrons. The number of carboxylic acid groups (broad SMARTS) is 1. The van der Waals surface area contributed by atoms with E-state index in [1.807, 2.05) is 0 Å². The zero-order valence-electron chi connectivity index (χ0n) is 11.5. The highest BCUT2D eigenvalue weighted by molar-refractivity contribution is 7.99. The van der Waals surface area contributed by atoms with Crippen molar-refractivity contribution < 1.29 is 24.2 Å². The molecule has 0 bridgehead atoms. The highest BCUT2D eigenvalue weighted by Crippen LogP contribution is 2.14. The second-order valence-corrected chi connectivity index (χ2v) is 5.60. The molecule has 3 atom stereocenters. The van der Waals surface area contributed by atoms with Crippen LogP contribution in [-0.4, -0.2) is 52.8 Å². The number of thioether (sulfide) groups is 1. The van der Waals surface area contributed by atoms with Crippen LogP contribution >= 0.6 is 11.8 Å². The first-order valence-electron chi connectivity index (χ1n) is 6.45. The second kappa shape index (κ2) is 8.11. The first-order valence-corrected chi connectivity index (χ1v) is 7.61. The number of carboxylic acids is 1. The number of hydrogen-bond donors (Lipinski definition) is 3. The summed E-state index contributed by atoms with van der Waals surface area (Å²) in [6, 6.07) is -1.38. The summed E-state index contributed by atoms with van der Waals surface area (Å²) in [7, 11) is 0. The van der Waals surface area contributed by atoms with Crippen LogP contribution in [0.3, 0.4) is 0 Å². The highest BCUT2D eigenvalue weighted by atomic mass is 32.2. The normalized spacial score (nSPS) is 21.0. The van der Waals surface area contributed by atoms with Crippen LogP contribution in [0.15, 0.2) is 0 Å². The van der Waals surface area contributed by atoms with Gasteiger partial charge in [0.25, 0.3) is 0 Å². The van der Waals surface area contributed by atoms with Crippen LogP contribution in [0.4, 0.5) is 0 Å². The van der Waals surface area contributed by atoms with Gasteiger partial charge < -0.3 is 15.2 Å². The summed E-state index contributed by atoms with van der Waals surface area (Å²) in [5.41, 5.74) is 0. The molecule has 0 aromatic carbocycles. The van der Waals surface area contributed by atoms with Gasteiger partial charge in [-0.05, 0) is 6.42 Å². The molecule has 0 aromatic heterocycles. The van der Waals surface area contributed by atoms with Crippen LogP contribution in [0.5, 0.6) is 0 Å². The quantitative estimate of drug-likeness (QED) is 0.566. The van der Waals surface area contributed by atoms with Crippen LogP contribution in [-0.2, 0) is 19.1 Å². The summed E-state index contributed by atoms with van der Waals surface area (Å²) >= 11 is 1.61. The van der Waals surface area contributed by atoms with Crippen molar-refractivity contribution in [2.75, 3.05) is 11.6 Å². The first-order chi connectivity index (χ1) is 9.43. The number of esters is 1. The lowest BCUT2D eigenvalue weighted by Gasteiger charge is -2.22. The van der Waals surface area contributed by atoms with E-state index in [1.54, 1.807) is 18.7 Å². The van der Waals surface area contributed by atoms with Gasteiger partial charge in [0.05, 0.1) is 0 Å². The Hall–Kier alpha value is -1.28. The Balaban J connectivity index is 2.53. The second-order valence-electron chi connectivity index (χ2n) is 4.57. The number of carbonyl (C=O) groups is 3. The van der Waals surface area contributed by atoms with Gasteiger partial charge in [-0.15, -0.1) is 11.8 Å². The molecule has 1 saturated heterocycles. The van der Waals surface area contributed by atoms with Gasteiger partial charge >= 0.3 is 11.9 Å². The van der Waals surface area contributed by atoms with Crippen LogP contribution in [0.2, 0.25) is 0 Å². The number of nitrogens with one attached hydrogen (secondary N) is 2. The summed E-state index contributed by atoms with van der Waals surface area (Å²) in [5, 5.41) is 14.4. The Bertz CT molecular complexity index is 371. The third-order valence-corrected chi connectivity index (χ3v) is 3.85. The third-order valence-electron chi connectivity index (χ3n) is 2.91. The predicted octanol–water partition coefficient (Wildman–Crippen LogP) is -0.0499. The van der Waals surface area contributed by atoms with Gasteiger partial charge in [0.15, 0.2) is 0 Å². The molecule has 114 valence electrons. The van der Waals surface area contributed by atoms with E-state index in [1.165, 1.54) is 6.92 Å². The maximum absolute atomic E-state index is 11.9. The van der Waals surface area contributed by atoms with Crippen LogP contribution in [0.25, 0.3) is 0 Å². The van der Waals surface area contributed by atoms with E-state index in [9.17, 15) is 14.4 Å². The fourth-order valence-corrected chi connectivity index (χ4v) is 2.75. The summed E-state index contributed by atoms with van der Waals surface area (Å²) in [5.74, 6) is -0.561. The molecule has 1 aliphatic heterocycles. The molecule has 8 heteroatoms. The number of ether oxygens (including phenoxy) is 1. The van der Waals surface area contributed by atoms with E-state index in [0.717, 1.165) is 0 Å². The number of carbonyl (C=O) groups excluding carboxylic acids is 2. The van der Waals surface area contributed by atoms with Gasteiger partial charge in [-0.3, -0.25) is 14.9 Å². The van der Waals surface area contributed by atoms with E-state index >= 15 is 0 Å². The van der Waals surface area contributed by atoms with Crippen LogP contribution < -0.4 is 10.6 Å². The van der Waals surface area contributed by atoms with Crippen molar-refractivity contribution in [3.63, 3.8) is 0 Å². The molecule has 0 aromatic rings. The Labute approximate surface area is 121 Å². The molecular weight excluding hydrogens is 284 g/mol. The molecule has 1 amide bonds. The molecule has 1 aliphatic rings. The van der Waals surface area contributed by atoms with Gasteiger partial charge in [0.2, 0.25) is 5.91 Å². The van der Waals surface area contributed by atoms with Crippen molar-refractivity contribution in [3.8, 4) is 0 Å². The van der Waals surface area contributed by atoms with Crippen molar-refractivity contribution in [2.24, 2.45) is 0 Å². The minimum absolute atomic E-state index is 0.0665. The van der Waals surface area contributed by atoms with Crippen LogP contribution in [0.1, 0.15) is 26.7 Å². The predicted molar refractivity (Wildman–Crippen MR) is 74.3 cm³/mol. The Morgan fingerprint density at radius 3 is 2.65 bits per heavy atom. The SMILES string of the molecule is CC[C@@H](C[C@H](NC(C)=O)C(=O)O)OC(=O)C1CSCN1. The van der Waals surface area contributed by atoms with E-state index in [0.29, 0.717) is 18.1 Å². The van der Waals surface area contributed by atoms with Gasteiger partial charge in [-0.1, -0.05) is 6.92 Å². The summed E-state index contributed by atoms with van der Waals surface area (Å²) < 4.78 is 5.32. The number of aliphatic carboxylic acids is 1. The van der Waals surface area contributed by atoms with Gasteiger partial charge in [0, 0.05) is 25.0 Å². The average molecular weight is 304 g/mol. The van der Waals surface area contributed by atoms with Gasteiger partial charge in [0.1, 0.15) is 18.2 Å². The molecule has 1 heterocycles. The zero-order chi connectivity index (χ0) is 15.1. The number of amides is 1. The van der Waals surface area contributed by atoms with Crippen molar-refractivity contribution >= 4 is 29.6 Å². The molecule has 0 aliphatic carbocycles. The minimum atomic E-state index is -1.13. The molecule has 1 fully saturated rings. The monoisotopic (exact) mass is 304 g/mol. The Kier molecular flexibility index (Phi) is 6.80. The standard InChI is InChI=1S/C12H20N2O5S/c1-3-8(4-9(11(16)17)14-7(2)15)19-12(18)10-5-20-6-13-10/h8-10,13H,3-6H2,1-2H3,(H,14,15)(H,16,17)/t8-,9-,10?/m0/s1. The fourth-order valence-electron chi connectivity index (χ4n) is 1.82. The topological polar surface area (TPSA) is 105 Å². The van der Waals surface area contributed by atoms with Gasteiger partial charge in [-0.2, -0.15) is 0 Å². The molecule has 1 unspecified atom stereocenters. The lowest BCUT2D eigenvalue weighted by molar-refractivity contribution is -0.153. The molecule has 3 N–H and O–H groups in total. The Morgan fingerprint density at radius 1 is 1.50 bits per heavy atom. The lowest BCUT2D eigenvalue weighted by Crippen LogP contribution is -2.44. The smallest absolute Gasteiger partial charge is 0.326 e. The molecule has 7 nitrogen and oxygen atoms in total. The van der Waals surface area contributed by atoms with E-state index in [-0.39, 0.29) is 18.4 Å². The molecular formula is C12H20N2O5S. The molecule has 0 saturated carbocycles. The summed E-state index contributed by atoms with van der Waals surface area (Å²) in [6.45, 7) is 3.06. The summed E-state index contributed by atoms with van der Waals surface area (Å²) in [6.07, 6.45) is 0.0364. The largest absolute Gasteiger partial charge is 0.480 e. The molecule has 1 rings (SSSR count). The minimum Gasteiger partial charge on any atom is -0.480 e. The van der Waals surface area contributed by atoms with Gasteiger partial charge in [-0.25, -0.2) is 4.79 Å². The zero-order valence-corrected chi connectivity index (χ0v) is 12.4. The lowest BCUT2D eigenvalue weighted by atomic mass is 10.1. The highest BCUT2D eigenvalue weighted by Gasteiger charge is 2.29. The van der Waals surface area contributed by atoms with E-state index < -0.39 is 24.0 Å². The van der Waals surface area contributed by atoms with Crippen molar-refractivity contribution in [1.29, 1.82) is 0 Å².